The fourth-order valence-corrected chi connectivity index (χ4v) is 3.57. The number of hydrogen-bond acceptors (Lipinski definition) is 6. The van der Waals surface area contributed by atoms with Crippen molar-refractivity contribution in [1.82, 2.24) is 4.90 Å². The molecule has 1 unspecified atom stereocenters. The summed E-state index contributed by atoms with van der Waals surface area (Å²) in [6.07, 6.45) is 0.271. The van der Waals surface area contributed by atoms with E-state index in [2.05, 4.69) is 5.32 Å². The number of imide groups is 1. The van der Waals surface area contributed by atoms with Crippen LogP contribution >= 0.6 is 23.2 Å². The lowest BCUT2D eigenvalue weighted by molar-refractivity contribution is -0.123. The summed E-state index contributed by atoms with van der Waals surface area (Å²) in [7, 11) is 0. The Hall–Kier alpha value is -3.62. The van der Waals surface area contributed by atoms with Crippen LogP contribution in [0.2, 0.25) is 10.0 Å². The standard InChI is InChI=1S/C23H16Cl2N2O6/c1-12(20(28)26-19-10-14(24)5-7-18(19)25)33-23(31)13-4-6-16-17(9-13)22(30)27(21(16)29)11-15-3-2-8-32-15/h2-10,12H,11H2,1H3,(H,26,28). The molecule has 0 bridgehead atoms. The molecule has 0 saturated carbocycles. The Bertz CT molecular complexity index is 1270. The van der Waals surface area contributed by atoms with Gasteiger partial charge in [0.15, 0.2) is 6.10 Å². The second-order valence-corrected chi connectivity index (χ2v) is 8.04. The zero-order valence-corrected chi connectivity index (χ0v) is 18.6. The fourth-order valence-electron chi connectivity index (χ4n) is 3.23. The quantitative estimate of drug-likeness (QED) is 0.404. The Labute approximate surface area is 198 Å². The third-order valence-corrected chi connectivity index (χ3v) is 5.50. The highest BCUT2D eigenvalue weighted by Gasteiger charge is 2.36. The molecule has 3 aromatic rings. The van der Waals surface area contributed by atoms with Gasteiger partial charge in [0.05, 0.1) is 40.2 Å². The van der Waals surface area contributed by atoms with Crippen LogP contribution in [0.1, 0.15) is 43.8 Å². The highest BCUT2D eigenvalue weighted by Crippen LogP contribution is 2.27. The van der Waals surface area contributed by atoms with Gasteiger partial charge in [-0.15, -0.1) is 0 Å². The number of halogens is 2. The molecule has 10 heteroatoms. The molecule has 0 spiro atoms. The van der Waals surface area contributed by atoms with Gasteiger partial charge in [-0.3, -0.25) is 19.3 Å². The first-order valence-electron chi connectivity index (χ1n) is 9.74. The van der Waals surface area contributed by atoms with Crippen molar-refractivity contribution >= 4 is 52.6 Å². The first kappa shape index (κ1) is 22.6. The molecular weight excluding hydrogens is 471 g/mol. The van der Waals surface area contributed by atoms with Crippen molar-refractivity contribution in [1.29, 1.82) is 0 Å². The van der Waals surface area contributed by atoms with E-state index in [1.54, 1.807) is 18.2 Å². The molecule has 1 N–H and O–H groups in total. The smallest absolute Gasteiger partial charge is 0.338 e. The molecule has 3 amide bonds. The van der Waals surface area contributed by atoms with Gasteiger partial charge in [0.1, 0.15) is 5.76 Å². The lowest BCUT2D eigenvalue weighted by Gasteiger charge is -2.14. The molecular formula is C23H16Cl2N2O6. The Morgan fingerprint density at radius 1 is 1.06 bits per heavy atom. The van der Waals surface area contributed by atoms with Crippen molar-refractivity contribution in [2.24, 2.45) is 0 Å². The number of benzene rings is 2. The summed E-state index contributed by atoms with van der Waals surface area (Å²) >= 11 is 11.9. The van der Waals surface area contributed by atoms with E-state index in [4.69, 9.17) is 32.4 Å². The Balaban J connectivity index is 1.45. The molecule has 0 fully saturated rings. The van der Waals surface area contributed by atoms with E-state index in [1.807, 2.05) is 0 Å². The maximum absolute atomic E-state index is 12.7. The first-order chi connectivity index (χ1) is 15.7. The fraction of sp³-hybridized carbons (Fsp3) is 0.130. The molecule has 2 heterocycles. The maximum atomic E-state index is 12.7. The number of rotatable bonds is 6. The number of carbonyl (C=O) groups is 4. The number of esters is 1. The predicted octanol–water partition coefficient (Wildman–Crippen LogP) is 4.57. The van der Waals surface area contributed by atoms with Crippen molar-refractivity contribution in [2.75, 3.05) is 5.32 Å². The summed E-state index contributed by atoms with van der Waals surface area (Å²) in [4.78, 5) is 51.3. The van der Waals surface area contributed by atoms with Crippen molar-refractivity contribution < 1.29 is 28.3 Å². The summed E-state index contributed by atoms with van der Waals surface area (Å²) in [5.74, 6) is -2.05. The average molecular weight is 487 g/mol. The normalized spacial score (nSPS) is 13.6. The number of ether oxygens (including phenoxy) is 1. The topological polar surface area (TPSA) is 106 Å². The average Bonchev–Trinajstić information content (AvgIpc) is 3.39. The number of nitrogens with zero attached hydrogens (tertiary/aromatic N) is 1. The van der Waals surface area contributed by atoms with Crippen molar-refractivity contribution in [3.8, 4) is 0 Å². The summed E-state index contributed by atoms with van der Waals surface area (Å²) in [6.45, 7) is 1.36. The zero-order chi connectivity index (χ0) is 23.7. The molecule has 4 rings (SSSR count). The van der Waals surface area contributed by atoms with E-state index >= 15 is 0 Å². The van der Waals surface area contributed by atoms with Crippen LogP contribution in [0.3, 0.4) is 0 Å². The largest absolute Gasteiger partial charge is 0.467 e. The van der Waals surface area contributed by atoms with Crippen LogP contribution in [0.25, 0.3) is 0 Å². The van der Waals surface area contributed by atoms with Gasteiger partial charge >= 0.3 is 5.97 Å². The summed E-state index contributed by atoms with van der Waals surface area (Å²) in [6, 6.07) is 11.9. The third kappa shape index (κ3) is 4.62. The van der Waals surface area contributed by atoms with Gasteiger partial charge in [-0.2, -0.15) is 0 Å². The second-order valence-electron chi connectivity index (χ2n) is 7.20. The predicted molar refractivity (Wildman–Crippen MR) is 119 cm³/mol. The van der Waals surface area contributed by atoms with Crippen molar-refractivity contribution in [2.45, 2.75) is 19.6 Å². The van der Waals surface area contributed by atoms with Gasteiger partial charge in [0.2, 0.25) is 0 Å². The number of nitrogens with one attached hydrogen (secondary N) is 1. The monoisotopic (exact) mass is 486 g/mol. The minimum Gasteiger partial charge on any atom is -0.467 e. The Kier molecular flexibility index (Phi) is 6.22. The molecule has 0 aliphatic carbocycles. The molecule has 1 aromatic heterocycles. The first-order valence-corrected chi connectivity index (χ1v) is 10.5. The third-order valence-electron chi connectivity index (χ3n) is 4.94. The SMILES string of the molecule is CC(OC(=O)c1ccc2c(c1)C(=O)N(Cc1ccco1)C2=O)C(=O)Nc1cc(Cl)ccc1Cl. The lowest BCUT2D eigenvalue weighted by Crippen LogP contribution is -2.30. The molecule has 1 aliphatic heterocycles. The second kappa shape index (κ2) is 9.09. The van der Waals surface area contributed by atoms with E-state index in [9.17, 15) is 19.2 Å². The van der Waals surface area contributed by atoms with Gasteiger partial charge < -0.3 is 14.5 Å². The molecule has 1 aliphatic rings. The highest BCUT2D eigenvalue weighted by molar-refractivity contribution is 6.35. The molecule has 8 nitrogen and oxygen atoms in total. The minimum atomic E-state index is -1.17. The van der Waals surface area contributed by atoms with Crippen molar-refractivity contribution in [3.63, 3.8) is 0 Å². The highest BCUT2D eigenvalue weighted by atomic mass is 35.5. The number of fused-ring (bicyclic) bond motifs is 1. The van der Waals surface area contributed by atoms with E-state index in [0.717, 1.165) is 4.90 Å². The molecule has 0 saturated heterocycles. The molecule has 1 atom stereocenters. The van der Waals surface area contributed by atoms with E-state index in [0.29, 0.717) is 10.8 Å². The number of anilines is 1. The summed E-state index contributed by atoms with van der Waals surface area (Å²) in [5, 5.41) is 3.19. The Morgan fingerprint density at radius 2 is 1.82 bits per heavy atom. The molecule has 0 radical (unpaired) electrons. The van der Waals surface area contributed by atoms with Gasteiger partial charge in [0, 0.05) is 5.02 Å². The zero-order valence-electron chi connectivity index (χ0n) is 17.1. The van der Waals surface area contributed by atoms with Crippen LogP contribution in [0, 0.1) is 0 Å². The van der Waals surface area contributed by atoms with Crippen LogP contribution in [-0.4, -0.2) is 34.7 Å². The van der Waals surface area contributed by atoms with Crippen LogP contribution in [0.5, 0.6) is 0 Å². The molecule has 2 aromatic carbocycles. The van der Waals surface area contributed by atoms with Crippen LogP contribution in [0.15, 0.2) is 59.2 Å². The number of furan rings is 1. The number of carbonyl (C=O) groups excluding carboxylic acids is 4. The van der Waals surface area contributed by atoms with Crippen LogP contribution in [0.4, 0.5) is 5.69 Å². The number of hydrogen-bond donors (Lipinski definition) is 1. The van der Waals surface area contributed by atoms with Gasteiger partial charge in [-0.05, 0) is 55.5 Å². The molecule has 168 valence electrons. The number of amides is 3. The van der Waals surface area contributed by atoms with E-state index in [1.165, 1.54) is 43.5 Å². The van der Waals surface area contributed by atoms with Gasteiger partial charge in [0.25, 0.3) is 17.7 Å². The summed E-state index contributed by atoms with van der Waals surface area (Å²) < 4.78 is 10.4. The van der Waals surface area contributed by atoms with E-state index in [-0.39, 0.29) is 33.9 Å². The minimum absolute atomic E-state index is 0.0233. The van der Waals surface area contributed by atoms with Gasteiger partial charge in [-0.1, -0.05) is 23.2 Å². The summed E-state index contributed by atoms with van der Waals surface area (Å²) in [5.41, 5.74) is 0.541. The van der Waals surface area contributed by atoms with Crippen LogP contribution in [-0.2, 0) is 16.1 Å². The van der Waals surface area contributed by atoms with Crippen LogP contribution < -0.4 is 5.32 Å². The maximum Gasteiger partial charge on any atom is 0.338 e. The van der Waals surface area contributed by atoms with E-state index < -0.39 is 29.8 Å². The van der Waals surface area contributed by atoms with Crippen molar-refractivity contribution in [3.05, 3.63) is 87.3 Å². The van der Waals surface area contributed by atoms with Gasteiger partial charge in [-0.25, -0.2) is 4.79 Å². The molecule has 33 heavy (non-hydrogen) atoms. The lowest BCUT2D eigenvalue weighted by atomic mass is 10.1. The Morgan fingerprint density at radius 3 is 2.55 bits per heavy atom.